The Bertz CT molecular complexity index is 545. The normalized spacial score (nSPS) is 12.7. The fourth-order valence-electron chi connectivity index (χ4n) is 1.96. The smallest absolute Gasteiger partial charge is 0.387 e. The molecule has 1 heterocycles. The van der Waals surface area contributed by atoms with Crippen molar-refractivity contribution < 1.29 is 13.5 Å². The molecule has 1 atom stereocenters. The lowest BCUT2D eigenvalue weighted by Gasteiger charge is -2.19. The van der Waals surface area contributed by atoms with Gasteiger partial charge < -0.3 is 4.74 Å². The average molecular weight is 284 g/mol. The predicted octanol–water partition coefficient (Wildman–Crippen LogP) is 3.21. The summed E-state index contributed by atoms with van der Waals surface area (Å²) in [6.45, 7) is -0.899. The highest BCUT2D eigenvalue weighted by Gasteiger charge is 2.20. The van der Waals surface area contributed by atoms with Crippen LogP contribution >= 0.6 is 11.3 Å². The van der Waals surface area contributed by atoms with E-state index >= 15 is 0 Å². The van der Waals surface area contributed by atoms with Crippen molar-refractivity contribution in [1.29, 1.82) is 0 Å². The van der Waals surface area contributed by atoms with Gasteiger partial charge in [0, 0.05) is 10.4 Å². The Morgan fingerprint density at radius 1 is 1.21 bits per heavy atom. The summed E-state index contributed by atoms with van der Waals surface area (Å²) in [5.41, 5.74) is 4.20. The number of hydrogen-bond donors (Lipinski definition) is 2. The van der Waals surface area contributed by atoms with Crippen LogP contribution in [-0.4, -0.2) is 6.61 Å². The molecular formula is C13H14F2N2OS. The summed E-state index contributed by atoms with van der Waals surface area (Å²) in [5.74, 6) is 5.71. The zero-order chi connectivity index (χ0) is 13.8. The van der Waals surface area contributed by atoms with Gasteiger partial charge in [0.25, 0.3) is 0 Å². The number of thiophene rings is 1. The van der Waals surface area contributed by atoms with E-state index in [4.69, 9.17) is 5.84 Å². The maximum atomic E-state index is 12.4. The van der Waals surface area contributed by atoms with Gasteiger partial charge in [-0.25, -0.2) is 5.43 Å². The number of hydrazine groups is 1. The Balaban J connectivity index is 2.41. The van der Waals surface area contributed by atoms with E-state index in [2.05, 4.69) is 10.2 Å². The van der Waals surface area contributed by atoms with Crippen LogP contribution in [0.4, 0.5) is 8.78 Å². The van der Waals surface area contributed by atoms with Crippen LogP contribution in [0, 0.1) is 6.92 Å². The molecule has 2 aromatic rings. The molecule has 2 rings (SSSR count). The Hall–Kier alpha value is -1.50. The molecule has 1 aromatic heterocycles. The molecule has 0 aliphatic heterocycles. The molecule has 1 aromatic carbocycles. The van der Waals surface area contributed by atoms with Crippen molar-refractivity contribution >= 4 is 11.3 Å². The largest absolute Gasteiger partial charge is 0.434 e. The summed E-state index contributed by atoms with van der Waals surface area (Å²) in [6.07, 6.45) is 0. The number of nitrogens with one attached hydrogen (secondary N) is 1. The molecular weight excluding hydrogens is 270 g/mol. The summed E-state index contributed by atoms with van der Waals surface area (Å²) in [7, 11) is 0. The van der Waals surface area contributed by atoms with E-state index in [1.54, 1.807) is 29.5 Å². The van der Waals surface area contributed by atoms with Crippen LogP contribution in [-0.2, 0) is 0 Å². The topological polar surface area (TPSA) is 47.3 Å². The average Bonchev–Trinajstić information content (AvgIpc) is 2.78. The zero-order valence-electron chi connectivity index (χ0n) is 10.3. The van der Waals surface area contributed by atoms with E-state index in [1.165, 1.54) is 6.07 Å². The van der Waals surface area contributed by atoms with Gasteiger partial charge in [-0.3, -0.25) is 5.84 Å². The van der Waals surface area contributed by atoms with Crippen molar-refractivity contribution in [1.82, 2.24) is 5.43 Å². The Kier molecular flexibility index (Phi) is 4.47. The molecule has 19 heavy (non-hydrogen) atoms. The molecule has 3 N–H and O–H groups in total. The number of ether oxygens (including phenoxy) is 1. The van der Waals surface area contributed by atoms with E-state index in [0.29, 0.717) is 5.56 Å². The number of para-hydroxylation sites is 1. The summed E-state index contributed by atoms with van der Waals surface area (Å²) in [5, 5.41) is 1.94. The lowest BCUT2D eigenvalue weighted by molar-refractivity contribution is -0.0506. The quantitative estimate of drug-likeness (QED) is 0.654. The first-order valence-electron chi connectivity index (χ1n) is 5.67. The highest BCUT2D eigenvalue weighted by Crippen LogP contribution is 2.33. The molecule has 0 aliphatic carbocycles. The van der Waals surface area contributed by atoms with Crippen molar-refractivity contribution in [2.75, 3.05) is 0 Å². The number of alkyl halides is 2. The molecule has 6 heteroatoms. The van der Waals surface area contributed by atoms with Crippen LogP contribution in [0.25, 0.3) is 0 Å². The third-order valence-corrected chi connectivity index (χ3v) is 3.68. The van der Waals surface area contributed by atoms with Crippen LogP contribution in [0.1, 0.15) is 22.0 Å². The second kappa shape index (κ2) is 6.10. The fraction of sp³-hybridized carbons (Fsp3) is 0.231. The van der Waals surface area contributed by atoms with Crippen LogP contribution in [0.15, 0.2) is 35.7 Å². The van der Waals surface area contributed by atoms with Gasteiger partial charge in [0.1, 0.15) is 5.75 Å². The number of aryl methyl sites for hydroxylation is 1. The second-order valence-electron chi connectivity index (χ2n) is 3.95. The number of halogens is 2. The van der Waals surface area contributed by atoms with Gasteiger partial charge in [-0.1, -0.05) is 18.2 Å². The van der Waals surface area contributed by atoms with Gasteiger partial charge in [-0.15, -0.1) is 11.3 Å². The van der Waals surface area contributed by atoms with Crippen LogP contribution in [0.3, 0.4) is 0 Å². The maximum absolute atomic E-state index is 12.4. The van der Waals surface area contributed by atoms with E-state index in [0.717, 1.165) is 10.4 Å². The first-order chi connectivity index (χ1) is 9.13. The van der Waals surface area contributed by atoms with Gasteiger partial charge >= 0.3 is 6.61 Å². The summed E-state index contributed by atoms with van der Waals surface area (Å²) in [6, 6.07) is 8.19. The molecule has 0 fully saturated rings. The minimum absolute atomic E-state index is 0.131. The second-order valence-corrected chi connectivity index (χ2v) is 5.07. The van der Waals surface area contributed by atoms with Gasteiger partial charge in [0.05, 0.1) is 6.04 Å². The molecule has 0 radical (unpaired) electrons. The van der Waals surface area contributed by atoms with Gasteiger partial charge in [0.15, 0.2) is 0 Å². The molecule has 0 amide bonds. The number of rotatable bonds is 5. The summed E-state index contributed by atoms with van der Waals surface area (Å²) >= 11 is 1.58. The zero-order valence-corrected chi connectivity index (χ0v) is 11.1. The van der Waals surface area contributed by atoms with Crippen LogP contribution in [0.2, 0.25) is 0 Å². The lowest BCUT2D eigenvalue weighted by atomic mass is 9.99. The standard InChI is InChI=1S/C13H14F2N2OS/c1-8-9(6-7-19-8)12(17-16)10-4-2-3-5-11(10)18-13(14)15/h2-7,12-13,17H,16H2,1H3. The predicted molar refractivity (Wildman–Crippen MR) is 71.3 cm³/mol. The Morgan fingerprint density at radius 3 is 2.53 bits per heavy atom. The lowest BCUT2D eigenvalue weighted by Crippen LogP contribution is -2.29. The van der Waals surface area contributed by atoms with Crippen LogP contribution < -0.4 is 16.0 Å². The van der Waals surface area contributed by atoms with E-state index < -0.39 is 6.61 Å². The van der Waals surface area contributed by atoms with Crippen molar-refractivity contribution in [2.24, 2.45) is 5.84 Å². The minimum atomic E-state index is -2.86. The highest BCUT2D eigenvalue weighted by atomic mass is 32.1. The molecule has 0 bridgehead atoms. The third-order valence-electron chi connectivity index (χ3n) is 2.82. The molecule has 0 saturated carbocycles. The van der Waals surface area contributed by atoms with Crippen molar-refractivity contribution in [3.63, 3.8) is 0 Å². The molecule has 102 valence electrons. The molecule has 0 spiro atoms. The molecule has 1 unspecified atom stereocenters. The van der Waals surface area contributed by atoms with Crippen molar-refractivity contribution in [3.05, 3.63) is 51.7 Å². The van der Waals surface area contributed by atoms with E-state index in [9.17, 15) is 8.78 Å². The number of nitrogens with two attached hydrogens (primary N) is 1. The first-order valence-corrected chi connectivity index (χ1v) is 6.55. The molecule has 0 aliphatic rings. The van der Waals surface area contributed by atoms with E-state index in [-0.39, 0.29) is 11.8 Å². The number of hydrogen-bond acceptors (Lipinski definition) is 4. The first kappa shape index (κ1) is 13.9. The van der Waals surface area contributed by atoms with Crippen molar-refractivity contribution in [3.8, 4) is 5.75 Å². The Labute approximate surface area is 114 Å². The fourth-order valence-corrected chi connectivity index (χ4v) is 2.70. The summed E-state index contributed by atoms with van der Waals surface area (Å²) < 4.78 is 29.4. The van der Waals surface area contributed by atoms with Crippen molar-refractivity contribution in [2.45, 2.75) is 19.6 Å². The molecule has 0 saturated heterocycles. The monoisotopic (exact) mass is 284 g/mol. The van der Waals surface area contributed by atoms with E-state index in [1.807, 2.05) is 18.4 Å². The van der Waals surface area contributed by atoms with Gasteiger partial charge in [0.2, 0.25) is 0 Å². The minimum Gasteiger partial charge on any atom is -0.434 e. The molecule has 3 nitrogen and oxygen atoms in total. The maximum Gasteiger partial charge on any atom is 0.387 e. The van der Waals surface area contributed by atoms with Gasteiger partial charge in [-0.2, -0.15) is 8.78 Å². The van der Waals surface area contributed by atoms with Crippen LogP contribution in [0.5, 0.6) is 5.75 Å². The highest BCUT2D eigenvalue weighted by molar-refractivity contribution is 7.10. The van der Waals surface area contributed by atoms with Gasteiger partial charge in [-0.05, 0) is 30.0 Å². The number of benzene rings is 1. The SMILES string of the molecule is Cc1sccc1C(NN)c1ccccc1OC(F)F. The Morgan fingerprint density at radius 2 is 1.95 bits per heavy atom. The third kappa shape index (κ3) is 3.09. The summed E-state index contributed by atoms with van der Waals surface area (Å²) in [4.78, 5) is 1.08.